The van der Waals surface area contributed by atoms with E-state index in [1.54, 1.807) is 6.08 Å². The molecule has 0 atom stereocenters. The summed E-state index contributed by atoms with van der Waals surface area (Å²) in [5.41, 5.74) is 5.51. The largest absolute Gasteiger partial charge is 0.216 e. The van der Waals surface area contributed by atoms with Gasteiger partial charge in [0, 0.05) is 0 Å². The fourth-order valence-corrected chi connectivity index (χ4v) is 4.17. The van der Waals surface area contributed by atoms with E-state index in [4.69, 9.17) is 0 Å². The molecule has 138 valence electrons. The molecule has 1 aliphatic rings. The maximum atomic E-state index is 12.2. The van der Waals surface area contributed by atoms with Crippen molar-refractivity contribution in [2.75, 3.05) is 0 Å². The summed E-state index contributed by atoms with van der Waals surface area (Å²) in [6.45, 7) is 2.24. The number of unbranched alkanes of at least 4 members (excludes halogenated alkanes) is 1. The lowest BCUT2D eigenvalue weighted by Gasteiger charge is -2.28. The third-order valence-electron chi connectivity index (χ3n) is 5.89. The number of aryl methyl sites for hydroxylation is 1. The first-order chi connectivity index (χ1) is 12.8. The van der Waals surface area contributed by atoms with E-state index in [-0.39, 0.29) is 0 Å². The Kier molecular flexibility index (Phi) is 7.05. The second kappa shape index (κ2) is 9.71. The Labute approximate surface area is 158 Å². The zero-order valence-corrected chi connectivity index (χ0v) is 16.0. The smallest absolute Gasteiger partial charge is 0.0827 e. The second-order valence-corrected chi connectivity index (χ2v) is 7.74. The molecule has 0 amide bonds. The SMILES string of the molecule is CCCCc1ccc(-c2ccc([C@H]3CC[C@H](C/C=C/F)CC3)cc2)cc1. The average Bonchev–Trinajstić information content (AvgIpc) is 2.72. The number of rotatable bonds is 7. The molecule has 0 bridgehead atoms. The summed E-state index contributed by atoms with van der Waals surface area (Å²) in [7, 11) is 0. The first-order valence-electron chi connectivity index (χ1n) is 10.2. The van der Waals surface area contributed by atoms with Crippen molar-refractivity contribution in [3.05, 3.63) is 72.1 Å². The van der Waals surface area contributed by atoms with E-state index in [1.807, 2.05) is 0 Å². The van der Waals surface area contributed by atoms with Gasteiger partial charge in [-0.15, -0.1) is 0 Å². The van der Waals surface area contributed by atoms with Crippen LogP contribution < -0.4 is 0 Å². The third-order valence-corrected chi connectivity index (χ3v) is 5.89. The van der Waals surface area contributed by atoms with E-state index in [0.717, 1.165) is 6.42 Å². The molecule has 1 saturated carbocycles. The first kappa shape index (κ1) is 18.9. The average molecular weight is 351 g/mol. The fourth-order valence-electron chi connectivity index (χ4n) is 4.17. The molecule has 0 spiro atoms. The van der Waals surface area contributed by atoms with Crippen LogP contribution in [-0.2, 0) is 6.42 Å². The van der Waals surface area contributed by atoms with Crippen molar-refractivity contribution in [3.8, 4) is 11.1 Å². The van der Waals surface area contributed by atoms with Crippen molar-refractivity contribution in [1.29, 1.82) is 0 Å². The van der Waals surface area contributed by atoms with Crippen LogP contribution in [0, 0.1) is 5.92 Å². The quantitative estimate of drug-likeness (QED) is 0.477. The Morgan fingerprint density at radius 2 is 1.50 bits per heavy atom. The molecule has 0 saturated heterocycles. The summed E-state index contributed by atoms with van der Waals surface area (Å²) in [5.74, 6) is 1.34. The summed E-state index contributed by atoms with van der Waals surface area (Å²) >= 11 is 0. The van der Waals surface area contributed by atoms with Gasteiger partial charge in [-0.1, -0.05) is 68.0 Å². The lowest BCUT2D eigenvalue weighted by molar-refractivity contribution is 0.327. The number of allylic oxidation sites excluding steroid dienone is 1. The maximum Gasteiger partial charge on any atom is 0.0827 e. The predicted octanol–water partition coefficient (Wildman–Crippen LogP) is 7.84. The van der Waals surface area contributed by atoms with Crippen LogP contribution in [0.1, 0.15) is 68.9 Å². The van der Waals surface area contributed by atoms with Crippen LogP contribution >= 0.6 is 0 Å². The van der Waals surface area contributed by atoms with Crippen LogP contribution in [-0.4, -0.2) is 0 Å². The van der Waals surface area contributed by atoms with Gasteiger partial charge in [0.25, 0.3) is 0 Å². The molecule has 2 aromatic carbocycles. The van der Waals surface area contributed by atoms with Gasteiger partial charge in [0.1, 0.15) is 0 Å². The van der Waals surface area contributed by atoms with E-state index in [1.165, 1.54) is 67.2 Å². The monoisotopic (exact) mass is 350 g/mol. The molecule has 0 N–H and O–H groups in total. The molecule has 26 heavy (non-hydrogen) atoms. The molecule has 0 nitrogen and oxygen atoms in total. The van der Waals surface area contributed by atoms with Crippen LogP contribution in [0.15, 0.2) is 60.9 Å². The summed E-state index contributed by atoms with van der Waals surface area (Å²) in [6, 6.07) is 18.2. The fraction of sp³-hybridized carbons (Fsp3) is 0.440. The molecule has 1 heteroatoms. The van der Waals surface area contributed by atoms with Crippen molar-refractivity contribution in [2.45, 2.75) is 64.2 Å². The van der Waals surface area contributed by atoms with Gasteiger partial charge in [0.2, 0.25) is 0 Å². The Balaban J connectivity index is 1.58. The molecule has 0 radical (unpaired) electrons. The van der Waals surface area contributed by atoms with Crippen LogP contribution in [0.25, 0.3) is 11.1 Å². The third kappa shape index (κ3) is 5.06. The molecule has 3 rings (SSSR count). The van der Waals surface area contributed by atoms with Gasteiger partial charge in [0.15, 0.2) is 0 Å². The van der Waals surface area contributed by atoms with Crippen molar-refractivity contribution < 1.29 is 4.39 Å². The highest BCUT2D eigenvalue weighted by Gasteiger charge is 2.21. The standard InChI is InChI=1S/C25H31F/c1-2-3-5-20-7-11-22(12-8-20)24-15-17-25(18-16-24)23-13-9-21(10-14-23)6-4-19-26/h4,7-8,11-12,15-19,21,23H,2-3,5-6,9-10,13-14H2,1H3/b19-4+/t21-,23-. The lowest BCUT2D eigenvalue weighted by Crippen LogP contribution is -2.12. The molecule has 1 aliphatic carbocycles. The zero-order valence-electron chi connectivity index (χ0n) is 16.0. The van der Waals surface area contributed by atoms with Gasteiger partial charge >= 0.3 is 0 Å². The number of benzene rings is 2. The summed E-state index contributed by atoms with van der Waals surface area (Å²) in [5, 5.41) is 0. The minimum atomic E-state index is 0.670. The van der Waals surface area contributed by atoms with Crippen LogP contribution in [0.2, 0.25) is 0 Å². The van der Waals surface area contributed by atoms with E-state index >= 15 is 0 Å². The molecular formula is C25H31F. The maximum absolute atomic E-state index is 12.2. The minimum absolute atomic E-state index is 0.670. The topological polar surface area (TPSA) is 0 Å². The normalized spacial score (nSPS) is 20.5. The Bertz CT molecular complexity index is 673. The molecule has 0 aliphatic heterocycles. The van der Waals surface area contributed by atoms with E-state index in [0.29, 0.717) is 18.2 Å². The highest BCUT2D eigenvalue weighted by molar-refractivity contribution is 5.64. The van der Waals surface area contributed by atoms with Gasteiger partial charge in [-0.3, -0.25) is 0 Å². The van der Waals surface area contributed by atoms with E-state index < -0.39 is 0 Å². The predicted molar refractivity (Wildman–Crippen MR) is 110 cm³/mol. The van der Waals surface area contributed by atoms with Crippen LogP contribution in [0.5, 0.6) is 0 Å². The minimum Gasteiger partial charge on any atom is -0.216 e. The van der Waals surface area contributed by atoms with Crippen LogP contribution in [0.4, 0.5) is 4.39 Å². The van der Waals surface area contributed by atoms with Gasteiger partial charge < -0.3 is 0 Å². The van der Waals surface area contributed by atoms with Crippen molar-refractivity contribution >= 4 is 0 Å². The number of halogens is 1. The van der Waals surface area contributed by atoms with Gasteiger partial charge in [-0.05, 0) is 79.0 Å². The van der Waals surface area contributed by atoms with Gasteiger partial charge in [0.05, 0.1) is 6.33 Å². The highest BCUT2D eigenvalue weighted by Crippen LogP contribution is 2.37. The summed E-state index contributed by atoms with van der Waals surface area (Å²) < 4.78 is 12.2. The van der Waals surface area contributed by atoms with Crippen molar-refractivity contribution in [3.63, 3.8) is 0 Å². The lowest BCUT2D eigenvalue weighted by atomic mass is 9.77. The molecule has 0 unspecified atom stereocenters. The van der Waals surface area contributed by atoms with E-state index in [2.05, 4.69) is 55.5 Å². The molecule has 1 fully saturated rings. The Hall–Kier alpha value is -1.89. The van der Waals surface area contributed by atoms with Gasteiger partial charge in [-0.25, -0.2) is 4.39 Å². The molecule has 0 aromatic heterocycles. The first-order valence-corrected chi connectivity index (χ1v) is 10.2. The summed E-state index contributed by atoms with van der Waals surface area (Å²) in [4.78, 5) is 0. The number of hydrogen-bond donors (Lipinski definition) is 0. The Morgan fingerprint density at radius 3 is 2.08 bits per heavy atom. The van der Waals surface area contributed by atoms with Crippen molar-refractivity contribution in [2.24, 2.45) is 5.92 Å². The highest BCUT2D eigenvalue weighted by atomic mass is 19.1. The van der Waals surface area contributed by atoms with E-state index in [9.17, 15) is 4.39 Å². The Morgan fingerprint density at radius 1 is 0.885 bits per heavy atom. The van der Waals surface area contributed by atoms with Crippen LogP contribution in [0.3, 0.4) is 0 Å². The second-order valence-electron chi connectivity index (χ2n) is 7.74. The van der Waals surface area contributed by atoms with Gasteiger partial charge in [-0.2, -0.15) is 0 Å². The van der Waals surface area contributed by atoms with Crippen molar-refractivity contribution in [1.82, 2.24) is 0 Å². The molecular weight excluding hydrogens is 319 g/mol. The zero-order chi connectivity index (χ0) is 18.2. The molecule has 0 heterocycles. The molecule has 2 aromatic rings. The summed E-state index contributed by atoms with van der Waals surface area (Å²) in [6.07, 6.45) is 11.9. The number of hydrogen-bond acceptors (Lipinski definition) is 0.